The second-order valence-electron chi connectivity index (χ2n) is 13.9. The second-order valence-corrected chi connectivity index (χ2v) is 14.3. The summed E-state index contributed by atoms with van der Waals surface area (Å²) in [5, 5.41) is 11.8. The minimum absolute atomic E-state index is 0.000141. The Hall–Kier alpha value is -5.75. The average Bonchev–Trinajstić information content (AvgIpc) is 3.34. The molecule has 18 heteroatoms. The molecule has 5 amide bonds. The van der Waals surface area contributed by atoms with Gasteiger partial charge in [-0.1, -0.05) is 17.7 Å². The number of carbonyl (C=O) groups excluding carboxylic acids is 5. The molecule has 3 aliphatic rings. The first-order valence-electron chi connectivity index (χ1n) is 19.1. The van der Waals surface area contributed by atoms with Crippen LogP contribution in [0.25, 0.3) is 10.9 Å². The van der Waals surface area contributed by atoms with Gasteiger partial charge in [0, 0.05) is 43.2 Å². The molecule has 0 spiro atoms. The molecule has 2 saturated heterocycles. The number of amides is 5. The van der Waals surface area contributed by atoms with Crippen LogP contribution in [0, 0.1) is 5.82 Å². The number of ether oxygens (including phenoxy) is 3. The fraction of sp³-hybridized carbons (Fsp3) is 0.375. The molecule has 0 radical (unpaired) electrons. The summed E-state index contributed by atoms with van der Waals surface area (Å²) in [6, 6.07) is 11.3. The number of halogens is 2. The Kier molecular flexibility index (Phi) is 13.0. The van der Waals surface area contributed by atoms with Crippen molar-refractivity contribution in [2.75, 3.05) is 69.8 Å². The number of morpholine rings is 1. The van der Waals surface area contributed by atoms with E-state index in [0.29, 0.717) is 73.1 Å². The first kappa shape index (κ1) is 40.4. The van der Waals surface area contributed by atoms with Gasteiger partial charge in [0.1, 0.15) is 24.0 Å². The Morgan fingerprint density at radius 3 is 2.59 bits per heavy atom. The van der Waals surface area contributed by atoms with Gasteiger partial charge in [0.2, 0.25) is 17.7 Å². The van der Waals surface area contributed by atoms with E-state index in [2.05, 4.69) is 36.1 Å². The molecule has 3 aromatic carbocycles. The summed E-state index contributed by atoms with van der Waals surface area (Å²) in [4.78, 5) is 76.2. The van der Waals surface area contributed by atoms with Crippen molar-refractivity contribution >= 4 is 69.2 Å². The zero-order valence-corrected chi connectivity index (χ0v) is 32.2. The van der Waals surface area contributed by atoms with E-state index in [1.165, 1.54) is 30.6 Å². The smallest absolute Gasteiger partial charge is 0.264 e. The van der Waals surface area contributed by atoms with Gasteiger partial charge in [-0.05, 0) is 68.6 Å². The molecule has 0 bridgehead atoms. The zero-order valence-electron chi connectivity index (χ0n) is 31.5. The summed E-state index contributed by atoms with van der Waals surface area (Å²) in [7, 11) is 0. The van der Waals surface area contributed by atoms with Crippen molar-refractivity contribution < 1.29 is 42.6 Å². The highest BCUT2D eigenvalue weighted by Crippen LogP contribution is 2.36. The van der Waals surface area contributed by atoms with Crippen LogP contribution in [0.5, 0.6) is 11.5 Å². The fourth-order valence-electron chi connectivity index (χ4n) is 6.98. The highest BCUT2D eigenvalue weighted by Gasteiger charge is 2.45. The molecule has 1 aromatic heterocycles. The van der Waals surface area contributed by atoms with Crippen molar-refractivity contribution in [1.29, 1.82) is 0 Å². The topological polar surface area (TPSA) is 193 Å². The summed E-state index contributed by atoms with van der Waals surface area (Å²) in [5.74, 6) is -2.06. The number of aromatic nitrogens is 2. The molecule has 4 aromatic rings. The van der Waals surface area contributed by atoms with Crippen LogP contribution in [0.15, 0.2) is 54.9 Å². The Morgan fingerprint density at radius 1 is 0.983 bits per heavy atom. The highest BCUT2D eigenvalue weighted by molar-refractivity contribution is 6.31. The number of nitrogens with zero attached hydrogens (tertiary/aromatic N) is 4. The van der Waals surface area contributed by atoms with Gasteiger partial charge >= 0.3 is 0 Å². The number of imide groups is 2. The van der Waals surface area contributed by atoms with Crippen LogP contribution < -0.4 is 30.7 Å². The summed E-state index contributed by atoms with van der Waals surface area (Å²) in [6.45, 7) is 5.04. The predicted molar refractivity (Wildman–Crippen MR) is 211 cm³/mol. The Morgan fingerprint density at radius 2 is 1.78 bits per heavy atom. The molecule has 16 nitrogen and oxygen atoms in total. The van der Waals surface area contributed by atoms with Crippen LogP contribution in [0.3, 0.4) is 0 Å². The van der Waals surface area contributed by atoms with Gasteiger partial charge in [0.25, 0.3) is 11.8 Å². The summed E-state index contributed by atoms with van der Waals surface area (Å²) in [6.07, 6.45) is 3.31. The van der Waals surface area contributed by atoms with Gasteiger partial charge < -0.3 is 30.2 Å². The van der Waals surface area contributed by atoms with Crippen molar-refractivity contribution in [2.24, 2.45) is 0 Å². The average molecular weight is 817 g/mol. The maximum Gasteiger partial charge on any atom is 0.264 e. The lowest BCUT2D eigenvalue weighted by molar-refractivity contribution is -0.131. The fourth-order valence-corrected chi connectivity index (χ4v) is 7.16. The van der Waals surface area contributed by atoms with Crippen LogP contribution in [0.2, 0.25) is 5.02 Å². The molecule has 1 unspecified atom stereocenters. The van der Waals surface area contributed by atoms with E-state index in [-0.39, 0.29) is 47.8 Å². The molecule has 58 heavy (non-hydrogen) atoms. The number of anilines is 3. The van der Waals surface area contributed by atoms with Gasteiger partial charge in [-0.15, -0.1) is 0 Å². The molecular weight excluding hydrogens is 775 g/mol. The molecule has 304 valence electrons. The quantitative estimate of drug-likeness (QED) is 0.0936. The Balaban J connectivity index is 0.946. The Bertz CT molecular complexity index is 2220. The highest BCUT2D eigenvalue weighted by atomic mass is 35.5. The standard InChI is InChI=1S/C40H42ClFN8O8/c41-27-19-24(9-10-28(27)42)46-37-26-20-32(58-16-4-12-49-13-17-56-18-14-49)33(21-30(26)44-23-45-37)57-15-3-11-43-22-35(52)47-29-6-1-5-25-36(29)40(55)50(39(25)54)31-7-2-8-34(51)48-38(31)53/h1,5-6,9-10,19-21,23,31,43H,2-4,7-8,11-18,22H2,(H,47,52)(H,44,45,46)(H,48,51,53). The third-order valence-corrected chi connectivity index (χ3v) is 10.2. The molecule has 4 N–H and O–H groups in total. The van der Waals surface area contributed by atoms with E-state index >= 15 is 0 Å². The van der Waals surface area contributed by atoms with E-state index in [0.717, 1.165) is 31.0 Å². The van der Waals surface area contributed by atoms with Crippen molar-refractivity contribution in [3.05, 3.63) is 76.8 Å². The van der Waals surface area contributed by atoms with Gasteiger partial charge in [0.05, 0.1) is 60.3 Å². The maximum atomic E-state index is 13.8. The molecule has 0 saturated carbocycles. The minimum atomic E-state index is -1.13. The van der Waals surface area contributed by atoms with Crippen LogP contribution in [-0.4, -0.2) is 114 Å². The van der Waals surface area contributed by atoms with E-state index in [4.69, 9.17) is 25.8 Å². The summed E-state index contributed by atoms with van der Waals surface area (Å²) >= 11 is 6.01. The molecule has 3 aliphatic heterocycles. The molecule has 7 rings (SSSR count). The van der Waals surface area contributed by atoms with Gasteiger partial charge in [-0.2, -0.15) is 0 Å². The van der Waals surface area contributed by atoms with Gasteiger partial charge in [-0.25, -0.2) is 14.4 Å². The predicted octanol–water partition coefficient (Wildman–Crippen LogP) is 4.06. The molecular formula is C40H42ClFN8O8. The van der Waals surface area contributed by atoms with Gasteiger partial charge in [0.15, 0.2) is 11.5 Å². The number of hydrogen-bond acceptors (Lipinski definition) is 13. The third-order valence-electron chi connectivity index (χ3n) is 9.88. The van der Waals surface area contributed by atoms with Crippen LogP contribution in [0.1, 0.15) is 52.8 Å². The first-order chi connectivity index (χ1) is 28.2. The van der Waals surface area contributed by atoms with Crippen molar-refractivity contribution in [3.63, 3.8) is 0 Å². The molecule has 2 fully saturated rings. The van der Waals surface area contributed by atoms with E-state index in [9.17, 15) is 28.4 Å². The number of carbonyl (C=O) groups is 5. The van der Waals surface area contributed by atoms with E-state index < -0.39 is 41.4 Å². The largest absolute Gasteiger partial charge is 0.490 e. The van der Waals surface area contributed by atoms with Crippen molar-refractivity contribution in [2.45, 2.75) is 38.1 Å². The first-order valence-corrected chi connectivity index (χ1v) is 19.5. The van der Waals surface area contributed by atoms with E-state index in [1.54, 1.807) is 24.3 Å². The monoisotopic (exact) mass is 816 g/mol. The number of nitrogens with one attached hydrogen (secondary N) is 4. The van der Waals surface area contributed by atoms with Crippen molar-refractivity contribution in [1.82, 2.24) is 30.4 Å². The zero-order chi connectivity index (χ0) is 40.6. The van der Waals surface area contributed by atoms with Crippen LogP contribution in [-0.2, 0) is 19.1 Å². The number of rotatable bonds is 16. The van der Waals surface area contributed by atoms with E-state index in [1.807, 2.05) is 0 Å². The lowest BCUT2D eigenvalue weighted by Crippen LogP contribution is -2.49. The van der Waals surface area contributed by atoms with Crippen LogP contribution in [0.4, 0.5) is 21.6 Å². The number of hydrogen-bond donors (Lipinski definition) is 4. The third kappa shape index (κ3) is 9.50. The summed E-state index contributed by atoms with van der Waals surface area (Å²) < 4.78 is 31.7. The normalized spacial score (nSPS) is 17.2. The summed E-state index contributed by atoms with van der Waals surface area (Å²) in [5.41, 5.74) is 1.35. The van der Waals surface area contributed by atoms with Crippen molar-refractivity contribution in [3.8, 4) is 11.5 Å². The molecule has 4 heterocycles. The molecule has 0 aliphatic carbocycles. The Labute approximate surface area is 337 Å². The SMILES string of the molecule is O=C1CCCC(N2C(=O)c3cccc(NC(=O)CNCCCOc4cc5ncnc(Nc6ccc(F)c(Cl)c6)c5cc4OCCCN4CCOCC4)c3C2=O)C(=O)N1. The second kappa shape index (κ2) is 18.7. The minimum Gasteiger partial charge on any atom is -0.490 e. The number of fused-ring (bicyclic) bond motifs is 2. The lowest BCUT2D eigenvalue weighted by Gasteiger charge is -2.26. The maximum absolute atomic E-state index is 13.8. The van der Waals surface area contributed by atoms with Gasteiger partial charge in [-0.3, -0.25) is 39.1 Å². The van der Waals surface area contributed by atoms with Crippen LogP contribution >= 0.6 is 11.6 Å². The molecule has 1 atom stereocenters. The lowest BCUT2D eigenvalue weighted by atomic mass is 10.1. The number of benzene rings is 3.